The molecule has 0 fully saturated rings. The molecule has 0 unspecified atom stereocenters. The number of primary amides is 1. The Kier molecular flexibility index (Phi) is 2.65. The molecule has 0 heterocycles. The lowest BCUT2D eigenvalue weighted by Gasteiger charge is -1.94. The third kappa shape index (κ3) is 2.60. The van der Waals surface area contributed by atoms with E-state index < -0.39 is 5.91 Å². The predicted octanol–water partition coefficient (Wildman–Crippen LogP) is 0.971. The molecule has 0 saturated heterocycles. The van der Waals surface area contributed by atoms with E-state index in [1.165, 1.54) is 6.07 Å². The summed E-state index contributed by atoms with van der Waals surface area (Å²) in [5, 5.41) is 0. The SMILES string of the molecule is Cc1ccc(C#CC(N)=O)cc1F. The second-order valence-corrected chi connectivity index (χ2v) is 2.58. The van der Waals surface area contributed by atoms with Crippen LogP contribution in [0.3, 0.4) is 0 Å². The summed E-state index contributed by atoms with van der Waals surface area (Å²) in [6.45, 7) is 1.65. The first-order chi connectivity index (χ1) is 6.09. The van der Waals surface area contributed by atoms with Gasteiger partial charge in [0.2, 0.25) is 0 Å². The first-order valence-corrected chi connectivity index (χ1v) is 3.67. The minimum atomic E-state index is -0.721. The molecule has 0 aromatic heterocycles. The van der Waals surface area contributed by atoms with Crippen LogP contribution in [0.1, 0.15) is 11.1 Å². The van der Waals surface area contributed by atoms with Gasteiger partial charge in [-0.2, -0.15) is 0 Å². The molecule has 2 N–H and O–H groups in total. The first-order valence-electron chi connectivity index (χ1n) is 3.67. The zero-order valence-corrected chi connectivity index (χ0v) is 7.10. The van der Waals surface area contributed by atoms with Crippen molar-refractivity contribution >= 4 is 5.91 Å². The fourth-order valence-corrected chi connectivity index (χ4v) is 0.804. The maximum Gasteiger partial charge on any atom is 0.293 e. The van der Waals surface area contributed by atoms with Crippen LogP contribution in [0.4, 0.5) is 4.39 Å². The molecule has 0 spiro atoms. The molecule has 3 heteroatoms. The molecule has 0 radical (unpaired) electrons. The van der Waals surface area contributed by atoms with Crippen LogP contribution in [0.5, 0.6) is 0 Å². The molecule has 2 nitrogen and oxygen atoms in total. The number of halogens is 1. The third-order valence-electron chi connectivity index (χ3n) is 1.50. The normalized spacial score (nSPS) is 8.77. The smallest absolute Gasteiger partial charge is 0.293 e. The molecule has 1 rings (SSSR count). The summed E-state index contributed by atoms with van der Waals surface area (Å²) in [7, 11) is 0. The van der Waals surface area contributed by atoms with Gasteiger partial charge in [0.05, 0.1) is 0 Å². The van der Waals surface area contributed by atoms with Gasteiger partial charge in [0.15, 0.2) is 0 Å². The van der Waals surface area contributed by atoms with Gasteiger partial charge in [0.1, 0.15) is 5.82 Å². The van der Waals surface area contributed by atoms with Gasteiger partial charge in [0.25, 0.3) is 5.91 Å². The van der Waals surface area contributed by atoms with Crippen LogP contribution in [0.25, 0.3) is 0 Å². The average Bonchev–Trinajstić information content (AvgIpc) is 2.07. The summed E-state index contributed by atoms with van der Waals surface area (Å²) in [4.78, 5) is 10.3. The summed E-state index contributed by atoms with van der Waals surface area (Å²) in [6, 6.07) is 4.50. The van der Waals surface area contributed by atoms with Gasteiger partial charge < -0.3 is 5.73 Å². The highest BCUT2D eigenvalue weighted by Gasteiger charge is 1.96. The lowest BCUT2D eigenvalue weighted by Crippen LogP contribution is -2.06. The Bertz CT molecular complexity index is 401. The Morgan fingerprint density at radius 3 is 2.77 bits per heavy atom. The van der Waals surface area contributed by atoms with Crippen molar-refractivity contribution in [2.24, 2.45) is 5.73 Å². The molecular weight excluding hydrogens is 169 g/mol. The fourth-order valence-electron chi connectivity index (χ4n) is 0.804. The molecule has 1 aromatic carbocycles. The van der Waals surface area contributed by atoms with E-state index in [-0.39, 0.29) is 5.82 Å². The minimum absolute atomic E-state index is 0.337. The molecule has 0 bridgehead atoms. The molecule has 0 aliphatic heterocycles. The molecule has 13 heavy (non-hydrogen) atoms. The number of amides is 1. The van der Waals surface area contributed by atoms with Gasteiger partial charge in [-0.1, -0.05) is 12.0 Å². The Balaban J connectivity index is 3.00. The van der Waals surface area contributed by atoms with Gasteiger partial charge in [-0.25, -0.2) is 4.39 Å². The maximum absolute atomic E-state index is 12.9. The quantitative estimate of drug-likeness (QED) is 0.589. The van der Waals surface area contributed by atoms with Gasteiger partial charge in [0, 0.05) is 5.56 Å². The van der Waals surface area contributed by atoms with Crippen LogP contribution in [0, 0.1) is 24.6 Å². The van der Waals surface area contributed by atoms with E-state index in [1.54, 1.807) is 19.1 Å². The Hall–Kier alpha value is -1.82. The summed E-state index contributed by atoms with van der Waals surface area (Å²) in [5.74, 6) is 3.52. The maximum atomic E-state index is 12.9. The van der Waals surface area contributed by atoms with Crippen molar-refractivity contribution in [1.29, 1.82) is 0 Å². The van der Waals surface area contributed by atoms with Crippen molar-refractivity contribution in [3.8, 4) is 11.8 Å². The van der Waals surface area contributed by atoms with Crippen molar-refractivity contribution in [3.63, 3.8) is 0 Å². The Morgan fingerprint density at radius 1 is 1.54 bits per heavy atom. The van der Waals surface area contributed by atoms with Crippen molar-refractivity contribution in [2.45, 2.75) is 6.92 Å². The van der Waals surface area contributed by atoms with E-state index in [4.69, 9.17) is 5.73 Å². The molecule has 0 aliphatic carbocycles. The third-order valence-corrected chi connectivity index (χ3v) is 1.50. The summed E-state index contributed by atoms with van der Waals surface area (Å²) in [6.07, 6.45) is 0. The van der Waals surface area contributed by atoms with Crippen LogP contribution in [-0.2, 0) is 4.79 Å². The van der Waals surface area contributed by atoms with Gasteiger partial charge in [-0.15, -0.1) is 0 Å². The number of nitrogens with two attached hydrogens (primary N) is 1. The first kappa shape index (κ1) is 9.27. The average molecular weight is 177 g/mol. The van der Waals surface area contributed by atoms with Crippen molar-refractivity contribution in [2.75, 3.05) is 0 Å². The number of hydrogen-bond donors (Lipinski definition) is 1. The summed E-state index contributed by atoms with van der Waals surface area (Å²) in [5.41, 5.74) is 5.79. The highest BCUT2D eigenvalue weighted by atomic mass is 19.1. The number of aryl methyl sites for hydroxylation is 1. The molecular formula is C10H8FNO. The predicted molar refractivity (Wildman–Crippen MR) is 47.2 cm³/mol. The highest BCUT2D eigenvalue weighted by molar-refractivity contribution is 5.92. The topological polar surface area (TPSA) is 43.1 Å². The molecule has 0 saturated carbocycles. The zero-order chi connectivity index (χ0) is 9.84. The molecule has 0 aliphatic rings. The van der Waals surface area contributed by atoms with Crippen LogP contribution in [0.15, 0.2) is 18.2 Å². The van der Waals surface area contributed by atoms with Crippen LogP contribution in [0.2, 0.25) is 0 Å². The van der Waals surface area contributed by atoms with E-state index in [9.17, 15) is 9.18 Å². The van der Waals surface area contributed by atoms with Gasteiger partial charge in [-0.3, -0.25) is 4.79 Å². The second-order valence-electron chi connectivity index (χ2n) is 2.58. The molecule has 1 aromatic rings. The zero-order valence-electron chi connectivity index (χ0n) is 7.10. The van der Waals surface area contributed by atoms with Crippen molar-refractivity contribution < 1.29 is 9.18 Å². The minimum Gasteiger partial charge on any atom is -0.359 e. The monoisotopic (exact) mass is 177 g/mol. The van der Waals surface area contributed by atoms with E-state index in [0.29, 0.717) is 11.1 Å². The lowest BCUT2D eigenvalue weighted by atomic mass is 10.1. The number of rotatable bonds is 0. The van der Waals surface area contributed by atoms with E-state index >= 15 is 0 Å². The summed E-state index contributed by atoms with van der Waals surface area (Å²) >= 11 is 0. The Labute approximate surface area is 75.6 Å². The van der Waals surface area contributed by atoms with E-state index in [0.717, 1.165) is 0 Å². The van der Waals surface area contributed by atoms with Crippen molar-refractivity contribution in [3.05, 3.63) is 35.1 Å². The molecule has 1 amide bonds. The van der Waals surface area contributed by atoms with E-state index in [2.05, 4.69) is 11.8 Å². The molecule has 66 valence electrons. The second kappa shape index (κ2) is 3.72. The standard InChI is InChI=1S/C10H8FNO/c1-7-2-3-8(6-9(7)11)4-5-10(12)13/h2-3,6H,1H3,(H2,12,13). The number of carbonyl (C=O) groups is 1. The summed E-state index contributed by atoms with van der Waals surface area (Å²) < 4.78 is 12.9. The van der Waals surface area contributed by atoms with Gasteiger partial charge in [-0.05, 0) is 30.5 Å². The number of hydrogen-bond acceptors (Lipinski definition) is 1. The van der Waals surface area contributed by atoms with Gasteiger partial charge >= 0.3 is 0 Å². The Morgan fingerprint density at radius 2 is 2.23 bits per heavy atom. The van der Waals surface area contributed by atoms with E-state index in [1.807, 2.05) is 0 Å². The van der Waals surface area contributed by atoms with Crippen LogP contribution >= 0.6 is 0 Å². The van der Waals surface area contributed by atoms with Crippen molar-refractivity contribution in [1.82, 2.24) is 0 Å². The lowest BCUT2D eigenvalue weighted by molar-refractivity contribution is -0.112. The number of carbonyl (C=O) groups excluding carboxylic acids is 1. The van der Waals surface area contributed by atoms with Crippen LogP contribution < -0.4 is 5.73 Å². The number of benzene rings is 1. The highest BCUT2D eigenvalue weighted by Crippen LogP contribution is 2.07. The fraction of sp³-hybridized carbons (Fsp3) is 0.100. The van der Waals surface area contributed by atoms with Crippen LogP contribution in [-0.4, -0.2) is 5.91 Å². The molecule has 0 atom stereocenters. The largest absolute Gasteiger partial charge is 0.359 e.